The minimum atomic E-state index is -0.825. The number of para-hydroxylation sites is 1. The average Bonchev–Trinajstić information content (AvgIpc) is 3.74. The van der Waals surface area contributed by atoms with Crippen molar-refractivity contribution < 1.29 is 6.48 Å². The number of benzene rings is 8. The molecule has 0 spiro atoms. The molecule has 66 heavy (non-hydrogen) atoms. The Balaban J connectivity index is 1.20. The molecule has 0 unspecified atom stereocenters. The van der Waals surface area contributed by atoms with Crippen LogP contribution >= 0.6 is 0 Å². The summed E-state index contributed by atoms with van der Waals surface area (Å²) in [4.78, 5) is 10.6. The van der Waals surface area contributed by atoms with Crippen LogP contribution < -0.4 is 0 Å². The molecule has 0 radical (unpaired) electrons. The van der Waals surface area contributed by atoms with Crippen LogP contribution in [-0.2, 0) is 5.41 Å². The van der Waals surface area contributed by atoms with E-state index in [1.165, 1.54) is 11.1 Å². The number of hydrogen-bond acceptors (Lipinski definition) is 3. The lowest BCUT2D eigenvalue weighted by Crippen LogP contribution is -2.12. The molecule has 0 saturated carbocycles. The van der Waals surface area contributed by atoms with Crippen LogP contribution in [0.1, 0.15) is 58.6 Å². The monoisotopic (exact) mass is 856 g/mol. The zero-order chi connectivity index (χ0) is 46.5. The number of aromatic nitrogens is 3. The van der Waals surface area contributed by atoms with Crippen molar-refractivity contribution in [2.24, 2.45) is 0 Å². The van der Waals surface area contributed by atoms with Crippen LogP contribution in [0.25, 0.3) is 95.0 Å². The Morgan fingerprint density at radius 3 is 1.76 bits per heavy atom. The lowest BCUT2D eigenvalue weighted by Gasteiger charge is -2.23. The average molecular weight is 857 g/mol. The van der Waals surface area contributed by atoms with E-state index in [1.807, 2.05) is 56.4 Å². The fourth-order valence-electron chi connectivity index (χ4n) is 9.15. The third kappa shape index (κ3) is 8.12. The molecule has 0 fully saturated rings. The van der Waals surface area contributed by atoms with Gasteiger partial charge in [-0.15, -0.1) is 0 Å². The molecule has 4 heteroatoms. The molecule has 2 aromatic heterocycles. The standard InChI is InChI=1S/C62H53N3O/c1-40(2)47-29-30-57(53(38-47)46-21-14-9-15-22-46)65-58-24-16-23-52(59(58)64-61(65)54-33-41(3)34-55(60(54)66)62(4,5)6)50-35-49(43-19-12-8-13-20-43)36-51(37-50)56-39-48(31-32-63-56)45-27-25-44(26-28-45)42-17-10-7-11-18-42/h7-40,66H,1-6H3/i40D. The van der Waals surface area contributed by atoms with Gasteiger partial charge in [-0.05, 0) is 128 Å². The maximum atomic E-state index is 12.3. The maximum absolute atomic E-state index is 12.3. The van der Waals surface area contributed by atoms with Crippen molar-refractivity contribution in [3.8, 4) is 89.7 Å². The number of nitrogens with zero attached hydrogens (tertiary/aromatic N) is 3. The van der Waals surface area contributed by atoms with Crippen LogP contribution in [0.2, 0.25) is 0 Å². The number of aromatic hydroxyl groups is 1. The number of fused-ring (bicyclic) bond motifs is 1. The highest BCUT2D eigenvalue weighted by Gasteiger charge is 2.27. The summed E-state index contributed by atoms with van der Waals surface area (Å²) in [7, 11) is 0. The molecule has 1 N–H and O–H groups in total. The molecule has 0 aliphatic heterocycles. The molecule has 0 saturated heterocycles. The summed E-state index contributed by atoms with van der Waals surface area (Å²) in [6.45, 7) is 12.3. The molecule has 0 atom stereocenters. The molecular formula is C62H53N3O. The Hall–Kier alpha value is -7.82. The third-order valence-electron chi connectivity index (χ3n) is 12.6. The van der Waals surface area contributed by atoms with Crippen molar-refractivity contribution in [2.75, 3.05) is 0 Å². The summed E-state index contributed by atoms with van der Waals surface area (Å²) in [5.41, 5.74) is 18.3. The van der Waals surface area contributed by atoms with E-state index in [9.17, 15) is 5.11 Å². The molecule has 10 rings (SSSR count). The fraction of sp³-hybridized carbons (Fsp3) is 0.129. The Labute approximate surface area is 390 Å². The fourth-order valence-corrected chi connectivity index (χ4v) is 9.15. The molecule has 4 nitrogen and oxygen atoms in total. The van der Waals surface area contributed by atoms with E-state index >= 15 is 0 Å². The highest BCUT2D eigenvalue weighted by molar-refractivity contribution is 5.98. The van der Waals surface area contributed by atoms with Gasteiger partial charge in [-0.1, -0.05) is 174 Å². The number of phenolic OH excluding ortho intramolecular Hbond substituents is 1. The number of phenols is 1. The summed E-state index contributed by atoms with van der Waals surface area (Å²) < 4.78 is 11.2. The molecule has 0 bridgehead atoms. The maximum Gasteiger partial charge on any atom is 0.149 e. The molecule has 2 heterocycles. The lowest BCUT2D eigenvalue weighted by atomic mass is 9.84. The predicted octanol–water partition coefficient (Wildman–Crippen LogP) is 16.5. The smallest absolute Gasteiger partial charge is 0.149 e. The largest absolute Gasteiger partial charge is 0.507 e. The molecule has 322 valence electrons. The number of aryl methyl sites for hydroxylation is 1. The quantitative estimate of drug-likeness (QED) is 0.157. The minimum Gasteiger partial charge on any atom is -0.507 e. The van der Waals surface area contributed by atoms with Gasteiger partial charge in [0.15, 0.2) is 0 Å². The van der Waals surface area contributed by atoms with Crippen molar-refractivity contribution in [2.45, 2.75) is 52.9 Å². The summed E-state index contributed by atoms with van der Waals surface area (Å²) >= 11 is 0. The van der Waals surface area contributed by atoms with Gasteiger partial charge in [-0.25, -0.2) is 4.98 Å². The molecule has 0 aliphatic carbocycles. The van der Waals surface area contributed by atoms with Gasteiger partial charge in [0.05, 0.1) is 28.0 Å². The van der Waals surface area contributed by atoms with Crippen molar-refractivity contribution in [3.63, 3.8) is 0 Å². The van der Waals surface area contributed by atoms with Crippen molar-refractivity contribution in [1.29, 1.82) is 0 Å². The van der Waals surface area contributed by atoms with Crippen LogP contribution in [0.15, 0.2) is 200 Å². The van der Waals surface area contributed by atoms with Crippen molar-refractivity contribution >= 4 is 11.0 Å². The van der Waals surface area contributed by atoms with Gasteiger partial charge in [0.1, 0.15) is 11.6 Å². The summed E-state index contributed by atoms with van der Waals surface area (Å²) in [6.07, 6.45) is 1.90. The Kier molecular flexibility index (Phi) is 10.7. The van der Waals surface area contributed by atoms with E-state index in [1.54, 1.807) is 0 Å². The SMILES string of the molecule is [2H]C(C)(C)c1ccc(-n2c(-c3cc(C)cc(C(C)(C)C)c3O)nc3c(-c4cc(-c5ccccc5)cc(-c5cc(-c6ccc(-c7ccccc7)cc6)ccn5)c4)cccc32)c(-c2ccccc2)c1. The van der Waals surface area contributed by atoms with E-state index < -0.39 is 5.89 Å². The summed E-state index contributed by atoms with van der Waals surface area (Å²) in [5, 5.41) is 12.3. The Morgan fingerprint density at radius 1 is 0.515 bits per heavy atom. The molecule has 0 aliphatic rings. The van der Waals surface area contributed by atoms with Gasteiger partial charge in [0.2, 0.25) is 0 Å². The second kappa shape index (κ2) is 17.3. The van der Waals surface area contributed by atoms with Crippen LogP contribution in [0.3, 0.4) is 0 Å². The topological polar surface area (TPSA) is 50.9 Å². The minimum absolute atomic E-state index is 0.218. The van der Waals surface area contributed by atoms with Gasteiger partial charge >= 0.3 is 0 Å². The van der Waals surface area contributed by atoms with Gasteiger partial charge in [-0.3, -0.25) is 9.55 Å². The summed E-state index contributed by atoms with van der Waals surface area (Å²) in [5.74, 6) is 0.0284. The zero-order valence-electron chi connectivity index (χ0n) is 39.3. The Morgan fingerprint density at radius 2 is 1.11 bits per heavy atom. The van der Waals surface area contributed by atoms with E-state index in [4.69, 9.17) is 11.3 Å². The molecular weight excluding hydrogens is 803 g/mol. The predicted molar refractivity (Wildman–Crippen MR) is 276 cm³/mol. The van der Waals surface area contributed by atoms with Crippen molar-refractivity contribution in [1.82, 2.24) is 14.5 Å². The zero-order valence-corrected chi connectivity index (χ0v) is 38.3. The van der Waals surface area contributed by atoms with Crippen LogP contribution in [0.4, 0.5) is 0 Å². The molecule has 10 aromatic rings. The lowest BCUT2D eigenvalue weighted by molar-refractivity contribution is 0.448. The van der Waals surface area contributed by atoms with Gasteiger partial charge in [-0.2, -0.15) is 0 Å². The van der Waals surface area contributed by atoms with Crippen LogP contribution in [0.5, 0.6) is 5.75 Å². The highest BCUT2D eigenvalue weighted by atomic mass is 16.3. The van der Waals surface area contributed by atoms with E-state index in [-0.39, 0.29) is 11.2 Å². The van der Waals surface area contributed by atoms with Gasteiger partial charge in [0, 0.05) is 29.8 Å². The number of imidazole rings is 1. The number of rotatable bonds is 9. The van der Waals surface area contributed by atoms with Gasteiger partial charge in [0.25, 0.3) is 0 Å². The third-order valence-corrected chi connectivity index (χ3v) is 12.6. The van der Waals surface area contributed by atoms with E-state index in [0.29, 0.717) is 11.4 Å². The summed E-state index contributed by atoms with van der Waals surface area (Å²) in [6, 6.07) is 67.8. The molecule has 0 amide bonds. The second-order valence-electron chi connectivity index (χ2n) is 18.5. The van der Waals surface area contributed by atoms with E-state index in [0.717, 1.165) is 89.2 Å². The van der Waals surface area contributed by atoms with Crippen LogP contribution in [0, 0.1) is 6.92 Å². The molecule has 8 aromatic carbocycles. The first-order valence-electron chi connectivity index (χ1n) is 23.2. The second-order valence-corrected chi connectivity index (χ2v) is 18.5. The van der Waals surface area contributed by atoms with Crippen molar-refractivity contribution in [3.05, 3.63) is 217 Å². The first-order chi connectivity index (χ1) is 32.3. The first kappa shape index (κ1) is 40.9. The number of pyridine rings is 1. The number of hydrogen-bond donors (Lipinski definition) is 1. The highest BCUT2D eigenvalue weighted by Crippen LogP contribution is 2.45. The van der Waals surface area contributed by atoms with Gasteiger partial charge < -0.3 is 5.11 Å². The normalized spacial score (nSPS) is 12.1. The van der Waals surface area contributed by atoms with E-state index in [2.05, 4.69) is 190 Å². The first-order valence-corrected chi connectivity index (χ1v) is 22.7. The Bertz CT molecular complexity index is 3420. The van der Waals surface area contributed by atoms with Crippen LogP contribution in [-0.4, -0.2) is 19.6 Å².